The van der Waals surface area contributed by atoms with Gasteiger partial charge in [0.25, 0.3) is 0 Å². The summed E-state index contributed by atoms with van der Waals surface area (Å²) in [6, 6.07) is 16.0. The number of hydrogen-bond acceptors (Lipinski definition) is 2. The predicted octanol–water partition coefficient (Wildman–Crippen LogP) is 3.97. The number of carbonyl (C=O) groups is 1. The number of nitrogens with zero attached hydrogens (tertiary/aromatic N) is 1. The van der Waals surface area contributed by atoms with Crippen LogP contribution in [-0.2, 0) is 16.6 Å². The average Bonchev–Trinajstić information content (AvgIpc) is 2.63. The molecule has 0 spiro atoms. The molecule has 1 saturated carbocycles. The van der Waals surface area contributed by atoms with Gasteiger partial charge in [-0.05, 0) is 43.4 Å². The topological polar surface area (TPSA) is 50.2 Å². The van der Waals surface area contributed by atoms with Gasteiger partial charge in [0.2, 0.25) is 0 Å². The molecule has 4 heteroatoms. The van der Waals surface area contributed by atoms with Crippen LogP contribution in [0, 0.1) is 5.92 Å². The van der Waals surface area contributed by atoms with Crippen molar-refractivity contribution in [2.45, 2.75) is 50.4 Å². The van der Waals surface area contributed by atoms with E-state index in [1.165, 1.54) is 6.42 Å². The van der Waals surface area contributed by atoms with Gasteiger partial charge in [-0.3, -0.25) is 9.78 Å². The Bertz CT molecular complexity index is 654. The second-order valence-corrected chi connectivity index (χ2v) is 6.98. The first-order chi connectivity index (χ1) is 11.7. The summed E-state index contributed by atoms with van der Waals surface area (Å²) in [5.74, 6) is -1.06. The quantitative estimate of drug-likeness (QED) is 0.815. The van der Waals surface area contributed by atoms with E-state index in [-0.39, 0.29) is 30.2 Å². The molecule has 0 amide bonds. The predicted molar refractivity (Wildman–Crippen MR) is 102 cm³/mol. The van der Waals surface area contributed by atoms with Crippen LogP contribution in [0.2, 0.25) is 0 Å². The number of rotatable bonds is 6. The summed E-state index contributed by atoms with van der Waals surface area (Å²) in [5.41, 5.74) is 2.08. The van der Waals surface area contributed by atoms with E-state index in [4.69, 9.17) is 0 Å². The first-order valence-electron chi connectivity index (χ1n) is 8.88. The van der Waals surface area contributed by atoms with Gasteiger partial charge in [0.1, 0.15) is 0 Å². The van der Waals surface area contributed by atoms with Gasteiger partial charge < -0.3 is 5.11 Å². The average molecular weight is 331 g/mol. The van der Waals surface area contributed by atoms with E-state index in [0.717, 1.165) is 36.9 Å². The van der Waals surface area contributed by atoms with E-state index in [1.54, 1.807) is 0 Å². The molecule has 3 rings (SSSR count). The fourth-order valence-electron chi connectivity index (χ4n) is 4.09. The van der Waals surface area contributed by atoms with Crippen molar-refractivity contribution in [2.24, 2.45) is 5.92 Å². The van der Waals surface area contributed by atoms with Crippen LogP contribution in [0.5, 0.6) is 0 Å². The van der Waals surface area contributed by atoms with Crippen LogP contribution in [0.4, 0.5) is 0 Å². The zero-order valence-electron chi connectivity index (χ0n) is 14.0. The number of aromatic nitrogens is 1. The van der Waals surface area contributed by atoms with E-state index < -0.39 is 5.97 Å². The molecule has 0 saturated heterocycles. The SMILES string of the molecule is O=C(O)C(Cc1ccccc1)CC1(c2ccccn2)CCCCC1.[LiH]. The molecule has 1 aliphatic rings. The molecule has 0 radical (unpaired) electrons. The maximum absolute atomic E-state index is 11.9. The first-order valence-corrected chi connectivity index (χ1v) is 8.88. The molecule has 25 heavy (non-hydrogen) atoms. The number of aliphatic carboxylic acids is 1. The Balaban J connectivity index is 0.00000225. The summed E-state index contributed by atoms with van der Waals surface area (Å²) >= 11 is 0. The summed E-state index contributed by atoms with van der Waals surface area (Å²) in [7, 11) is 0. The number of hydrogen-bond donors (Lipinski definition) is 1. The van der Waals surface area contributed by atoms with Gasteiger partial charge in [-0.2, -0.15) is 0 Å². The number of pyridine rings is 1. The minimum absolute atomic E-state index is 0. The minimum atomic E-state index is -0.695. The van der Waals surface area contributed by atoms with E-state index in [0.29, 0.717) is 12.8 Å². The molecule has 3 nitrogen and oxygen atoms in total. The van der Waals surface area contributed by atoms with Crippen molar-refractivity contribution in [3.8, 4) is 0 Å². The summed E-state index contributed by atoms with van der Waals surface area (Å²) < 4.78 is 0. The maximum atomic E-state index is 11.9. The molecule has 1 heterocycles. The van der Waals surface area contributed by atoms with Crippen LogP contribution in [0.25, 0.3) is 0 Å². The summed E-state index contributed by atoms with van der Waals surface area (Å²) in [4.78, 5) is 16.5. The van der Waals surface area contributed by atoms with Gasteiger partial charge in [-0.1, -0.05) is 55.7 Å². The Morgan fingerprint density at radius 1 is 1.04 bits per heavy atom. The number of benzene rings is 1. The van der Waals surface area contributed by atoms with Crippen LogP contribution in [0.1, 0.15) is 49.8 Å². The molecule has 1 aliphatic carbocycles. The van der Waals surface area contributed by atoms with Gasteiger partial charge in [0, 0.05) is 17.3 Å². The molecular formula is C21H26LiNO2. The first kappa shape index (κ1) is 19.8. The van der Waals surface area contributed by atoms with Crippen molar-refractivity contribution >= 4 is 24.8 Å². The molecule has 0 aliphatic heterocycles. The molecule has 1 N–H and O–H groups in total. The van der Waals surface area contributed by atoms with Gasteiger partial charge >= 0.3 is 24.8 Å². The Kier molecular flexibility index (Phi) is 7.29. The summed E-state index contributed by atoms with van der Waals surface area (Å²) in [5, 5.41) is 9.81. The van der Waals surface area contributed by atoms with E-state index >= 15 is 0 Å². The van der Waals surface area contributed by atoms with Crippen LogP contribution in [0.15, 0.2) is 54.7 Å². The van der Waals surface area contributed by atoms with Gasteiger partial charge in [-0.25, -0.2) is 0 Å². The molecule has 1 fully saturated rings. The molecule has 1 aromatic heterocycles. The van der Waals surface area contributed by atoms with Gasteiger partial charge in [0.05, 0.1) is 5.92 Å². The second-order valence-electron chi connectivity index (χ2n) is 6.98. The molecule has 128 valence electrons. The van der Waals surface area contributed by atoms with E-state index in [9.17, 15) is 9.90 Å². The van der Waals surface area contributed by atoms with Crippen molar-refractivity contribution in [1.82, 2.24) is 4.98 Å². The third-order valence-corrected chi connectivity index (χ3v) is 5.33. The number of carboxylic acids is 1. The molecule has 1 atom stereocenters. The zero-order valence-corrected chi connectivity index (χ0v) is 14.0. The standard InChI is InChI=1S/C21H25NO2.Li.H/c23-20(24)18(15-17-9-3-1-4-10-17)16-21(12-6-2-7-13-21)19-11-5-8-14-22-19;;/h1,3-5,8-11,14,18H,2,6-7,12-13,15-16H2,(H,23,24);;. The van der Waals surface area contributed by atoms with Crippen molar-refractivity contribution in [3.63, 3.8) is 0 Å². The van der Waals surface area contributed by atoms with Crippen LogP contribution < -0.4 is 0 Å². The van der Waals surface area contributed by atoms with Crippen LogP contribution in [0.3, 0.4) is 0 Å². The third kappa shape index (κ3) is 4.97. The fraction of sp³-hybridized carbons (Fsp3) is 0.429. The summed E-state index contributed by atoms with van der Waals surface area (Å²) in [6.45, 7) is 0. The van der Waals surface area contributed by atoms with Crippen LogP contribution in [-0.4, -0.2) is 34.9 Å². The monoisotopic (exact) mass is 331 g/mol. The Morgan fingerprint density at radius 3 is 2.32 bits per heavy atom. The van der Waals surface area contributed by atoms with Gasteiger partial charge in [-0.15, -0.1) is 0 Å². The normalized spacial score (nSPS) is 17.3. The van der Waals surface area contributed by atoms with Crippen molar-refractivity contribution < 1.29 is 9.90 Å². The molecule has 1 aromatic carbocycles. The zero-order chi connectivity index (χ0) is 16.8. The van der Waals surface area contributed by atoms with Crippen molar-refractivity contribution in [1.29, 1.82) is 0 Å². The van der Waals surface area contributed by atoms with E-state index in [2.05, 4.69) is 11.1 Å². The number of carboxylic acid groups (broad SMARTS) is 1. The summed E-state index contributed by atoms with van der Waals surface area (Å²) in [6.07, 6.45) is 8.75. The Labute approximate surface area is 162 Å². The van der Waals surface area contributed by atoms with Gasteiger partial charge in [0.15, 0.2) is 0 Å². The van der Waals surface area contributed by atoms with Crippen molar-refractivity contribution in [2.75, 3.05) is 0 Å². The second kappa shape index (κ2) is 9.22. The molecule has 0 bridgehead atoms. The third-order valence-electron chi connectivity index (χ3n) is 5.33. The Hall–Kier alpha value is -1.56. The van der Waals surface area contributed by atoms with Crippen LogP contribution >= 0.6 is 0 Å². The Morgan fingerprint density at radius 2 is 1.72 bits per heavy atom. The molecule has 1 unspecified atom stereocenters. The van der Waals surface area contributed by atoms with E-state index in [1.807, 2.05) is 48.7 Å². The fourth-order valence-corrected chi connectivity index (χ4v) is 4.09. The van der Waals surface area contributed by atoms with Crippen molar-refractivity contribution in [3.05, 3.63) is 66.0 Å². The molecule has 2 aromatic rings. The molecular weight excluding hydrogens is 305 g/mol.